The van der Waals surface area contributed by atoms with E-state index in [1.54, 1.807) is 0 Å². The lowest BCUT2D eigenvalue weighted by atomic mass is 10.1. The summed E-state index contributed by atoms with van der Waals surface area (Å²) in [5.41, 5.74) is 6.11. The number of methoxy groups -OCH3 is 1. The van der Waals surface area contributed by atoms with Crippen LogP contribution in [0.2, 0.25) is 0 Å². The molecular weight excluding hydrogens is 223 g/mol. The van der Waals surface area contributed by atoms with Crippen LogP contribution in [0.1, 0.15) is 5.56 Å². The van der Waals surface area contributed by atoms with Gasteiger partial charge in [0, 0.05) is 6.07 Å². The molecule has 2 N–H and O–H groups in total. The molecule has 0 spiro atoms. The summed E-state index contributed by atoms with van der Waals surface area (Å²) in [5, 5.41) is 0. The minimum atomic E-state index is -4.69. The molecule has 0 amide bonds. The summed E-state index contributed by atoms with van der Waals surface area (Å²) in [4.78, 5) is 0. The van der Waals surface area contributed by atoms with Gasteiger partial charge in [0.15, 0.2) is 0 Å². The van der Waals surface area contributed by atoms with E-state index in [2.05, 4.69) is 4.74 Å². The van der Waals surface area contributed by atoms with Gasteiger partial charge in [-0.3, -0.25) is 0 Å². The highest BCUT2D eigenvalue weighted by molar-refractivity contribution is 5.41. The average Bonchev–Trinajstić information content (AvgIpc) is 2.18. The van der Waals surface area contributed by atoms with Crippen molar-refractivity contribution in [2.24, 2.45) is 5.73 Å². The third-order valence-electron chi connectivity index (χ3n) is 1.91. The lowest BCUT2D eigenvalue weighted by molar-refractivity contribution is -0.274. The fourth-order valence-corrected chi connectivity index (χ4v) is 1.28. The normalized spacial score (nSPS) is 11.3. The number of rotatable bonds is 4. The van der Waals surface area contributed by atoms with Crippen LogP contribution in [0.5, 0.6) is 11.5 Å². The lowest BCUT2D eigenvalue weighted by Gasteiger charge is -2.12. The molecule has 1 rings (SSSR count). The van der Waals surface area contributed by atoms with Gasteiger partial charge in [0.25, 0.3) is 0 Å². The molecule has 6 heteroatoms. The first-order chi connectivity index (χ1) is 7.46. The summed E-state index contributed by atoms with van der Waals surface area (Å²) in [6.45, 7) is 0.399. The molecule has 0 saturated carbocycles. The van der Waals surface area contributed by atoms with Crippen LogP contribution in [0.25, 0.3) is 0 Å². The van der Waals surface area contributed by atoms with E-state index in [1.165, 1.54) is 25.3 Å². The SMILES string of the molecule is COc1cc(OC(F)(F)F)ccc1CCN. The number of hydrogen-bond acceptors (Lipinski definition) is 3. The molecule has 90 valence electrons. The van der Waals surface area contributed by atoms with Crippen molar-refractivity contribution in [3.63, 3.8) is 0 Å². The molecule has 0 radical (unpaired) electrons. The first-order valence-electron chi connectivity index (χ1n) is 4.59. The molecule has 0 fully saturated rings. The van der Waals surface area contributed by atoms with Gasteiger partial charge in [0.2, 0.25) is 0 Å². The molecular formula is C10H12F3NO2. The van der Waals surface area contributed by atoms with Crippen LogP contribution in [0.15, 0.2) is 18.2 Å². The second kappa shape index (κ2) is 5.07. The van der Waals surface area contributed by atoms with Crippen LogP contribution >= 0.6 is 0 Å². The Morgan fingerprint density at radius 2 is 2.00 bits per heavy atom. The van der Waals surface area contributed by atoms with Gasteiger partial charge < -0.3 is 15.2 Å². The first-order valence-corrected chi connectivity index (χ1v) is 4.59. The fraction of sp³-hybridized carbons (Fsp3) is 0.400. The number of halogens is 3. The molecule has 1 aromatic carbocycles. The van der Waals surface area contributed by atoms with Crippen LogP contribution in [-0.2, 0) is 6.42 Å². The third kappa shape index (κ3) is 3.62. The molecule has 0 aliphatic carbocycles. The van der Waals surface area contributed by atoms with Crippen molar-refractivity contribution in [2.45, 2.75) is 12.8 Å². The number of ether oxygens (including phenoxy) is 2. The molecule has 0 aromatic heterocycles. The second-order valence-corrected chi connectivity index (χ2v) is 3.06. The zero-order valence-corrected chi connectivity index (χ0v) is 8.67. The van der Waals surface area contributed by atoms with Crippen LogP contribution in [0, 0.1) is 0 Å². The van der Waals surface area contributed by atoms with Gasteiger partial charge in [-0.1, -0.05) is 6.07 Å². The van der Waals surface area contributed by atoms with Gasteiger partial charge in [-0.25, -0.2) is 0 Å². The monoisotopic (exact) mass is 235 g/mol. The Hall–Kier alpha value is -1.43. The van der Waals surface area contributed by atoms with Crippen molar-refractivity contribution in [3.05, 3.63) is 23.8 Å². The van der Waals surface area contributed by atoms with Gasteiger partial charge in [-0.05, 0) is 24.6 Å². The molecule has 0 unspecified atom stereocenters. The zero-order chi connectivity index (χ0) is 12.2. The lowest BCUT2D eigenvalue weighted by Crippen LogP contribution is -2.17. The van der Waals surface area contributed by atoms with Crippen LogP contribution in [0.3, 0.4) is 0 Å². The van der Waals surface area contributed by atoms with Crippen molar-refractivity contribution < 1.29 is 22.6 Å². The Kier molecular flexibility index (Phi) is 4.00. The molecule has 3 nitrogen and oxygen atoms in total. The molecule has 0 atom stereocenters. The number of hydrogen-bond donors (Lipinski definition) is 1. The van der Waals surface area contributed by atoms with Crippen molar-refractivity contribution in [3.8, 4) is 11.5 Å². The second-order valence-electron chi connectivity index (χ2n) is 3.06. The van der Waals surface area contributed by atoms with Gasteiger partial charge >= 0.3 is 6.36 Å². The summed E-state index contributed by atoms with van der Waals surface area (Å²) in [7, 11) is 1.38. The Balaban J connectivity index is 2.90. The average molecular weight is 235 g/mol. The molecule has 0 saturated heterocycles. The zero-order valence-electron chi connectivity index (χ0n) is 8.67. The fourth-order valence-electron chi connectivity index (χ4n) is 1.28. The molecule has 16 heavy (non-hydrogen) atoms. The Labute approximate surface area is 91.0 Å². The summed E-state index contributed by atoms with van der Waals surface area (Å²) in [6, 6.07) is 3.94. The molecule has 0 heterocycles. The maximum Gasteiger partial charge on any atom is 0.573 e. The third-order valence-corrected chi connectivity index (χ3v) is 1.91. The maximum absolute atomic E-state index is 11.9. The molecule has 0 aliphatic rings. The Bertz CT molecular complexity index is 352. The highest BCUT2D eigenvalue weighted by Gasteiger charge is 2.31. The van der Waals surface area contributed by atoms with Crippen molar-refractivity contribution in [2.75, 3.05) is 13.7 Å². The largest absolute Gasteiger partial charge is 0.573 e. The standard InChI is InChI=1S/C10H12F3NO2/c1-15-9-6-8(16-10(11,12)13)3-2-7(9)4-5-14/h2-3,6H,4-5,14H2,1H3. The van der Waals surface area contributed by atoms with Crippen molar-refractivity contribution >= 4 is 0 Å². The van der Waals surface area contributed by atoms with E-state index in [4.69, 9.17) is 10.5 Å². The van der Waals surface area contributed by atoms with Gasteiger partial charge in [0.1, 0.15) is 11.5 Å². The molecule has 0 bridgehead atoms. The Morgan fingerprint density at radius 1 is 1.31 bits per heavy atom. The van der Waals surface area contributed by atoms with E-state index in [0.717, 1.165) is 5.56 Å². The quantitative estimate of drug-likeness (QED) is 0.869. The molecule has 1 aromatic rings. The van der Waals surface area contributed by atoms with Gasteiger partial charge in [-0.2, -0.15) is 0 Å². The van der Waals surface area contributed by atoms with Crippen molar-refractivity contribution in [1.82, 2.24) is 0 Å². The van der Waals surface area contributed by atoms with Gasteiger partial charge in [-0.15, -0.1) is 13.2 Å². The van der Waals surface area contributed by atoms with Crippen LogP contribution < -0.4 is 15.2 Å². The minimum Gasteiger partial charge on any atom is -0.496 e. The summed E-state index contributed by atoms with van der Waals surface area (Å²) in [5.74, 6) is 0.0392. The van der Waals surface area contributed by atoms with E-state index in [9.17, 15) is 13.2 Å². The minimum absolute atomic E-state index is 0.301. The number of alkyl halides is 3. The summed E-state index contributed by atoms with van der Waals surface area (Å²) in [6.07, 6.45) is -4.16. The van der Waals surface area contributed by atoms with Gasteiger partial charge in [0.05, 0.1) is 7.11 Å². The summed E-state index contributed by atoms with van der Waals surface area (Å²) < 4.78 is 44.5. The summed E-state index contributed by atoms with van der Waals surface area (Å²) >= 11 is 0. The first kappa shape index (κ1) is 12.6. The van der Waals surface area contributed by atoms with Crippen molar-refractivity contribution in [1.29, 1.82) is 0 Å². The van der Waals surface area contributed by atoms with E-state index >= 15 is 0 Å². The number of benzene rings is 1. The van der Waals surface area contributed by atoms with E-state index in [0.29, 0.717) is 18.7 Å². The maximum atomic E-state index is 11.9. The van der Waals surface area contributed by atoms with Crippen LogP contribution in [0.4, 0.5) is 13.2 Å². The highest BCUT2D eigenvalue weighted by Crippen LogP contribution is 2.29. The highest BCUT2D eigenvalue weighted by atomic mass is 19.4. The number of nitrogens with two attached hydrogens (primary N) is 1. The predicted octanol–water partition coefficient (Wildman–Crippen LogP) is 2.10. The predicted molar refractivity (Wildman–Crippen MR) is 52.4 cm³/mol. The Morgan fingerprint density at radius 3 is 2.50 bits per heavy atom. The van der Waals surface area contributed by atoms with E-state index < -0.39 is 6.36 Å². The topological polar surface area (TPSA) is 44.5 Å². The smallest absolute Gasteiger partial charge is 0.496 e. The van der Waals surface area contributed by atoms with E-state index in [1.807, 2.05) is 0 Å². The van der Waals surface area contributed by atoms with Crippen LogP contribution in [-0.4, -0.2) is 20.0 Å². The molecule has 0 aliphatic heterocycles. The van der Waals surface area contributed by atoms with E-state index in [-0.39, 0.29) is 5.75 Å².